The first-order valence-corrected chi connectivity index (χ1v) is 8.82. The summed E-state index contributed by atoms with van der Waals surface area (Å²) >= 11 is 0. The topological polar surface area (TPSA) is 12.9 Å². The van der Waals surface area contributed by atoms with Crippen molar-refractivity contribution in [3.63, 3.8) is 0 Å². The zero-order valence-electron chi connectivity index (χ0n) is 14.3. The minimum atomic E-state index is 1.00. The second-order valence-electron chi connectivity index (χ2n) is 6.52. The molecule has 0 atom stereocenters. The van der Waals surface area contributed by atoms with Gasteiger partial charge in [-0.2, -0.15) is 0 Å². The van der Waals surface area contributed by atoms with Crippen LogP contribution >= 0.6 is 0 Å². The molecule has 1 aromatic heterocycles. The van der Waals surface area contributed by atoms with E-state index in [1.54, 1.807) is 0 Å². The molecule has 0 saturated heterocycles. The molecular formula is C25H17N. The van der Waals surface area contributed by atoms with Crippen LogP contribution in [0.3, 0.4) is 0 Å². The maximum absolute atomic E-state index is 4.47. The van der Waals surface area contributed by atoms with Gasteiger partial charge in [-0.1, -0.05) is 72.8 Å². The first-order chi connectivity index (χ1) is 12.9. The molecule has 1 heteroatoms. The van der Waals surface area contributed by atoms with Crippen molar-refractivity contribution in [2.75, 3.05) is 0 Å². The summed E-state index contributed by atoms with van der Waals surface area (Å²) in [7, 11) is 0. The normalized spacial score (nSPS) is 11.1. The van der Waals surface area contributed by atoms with Crippen LogP contribution in [0.4, 0.5) is 0 Å². The quantitative estimate of drug-likeness (QED) is 0.327. The Labute approximate surface area is 152 Å². The van der Waals surface area contributed by atoms with Crippen LogP contribution in [0.1, 0.15) is 0 Å². The van der Waals surface area contributed by atoms with Gasteiger partial charge in [-0.25, -0.2) is 0 Å². The first-order valence-electron chi connectivity index (χ1n) is 8.82. The number of nitrogens with zero attached hydrogens (tertiary/aromatic N) is 1. The summed E-state index contributed by atoms with van der Waals surface area (Å²) in [5.41, 5.74) is 4.58. The third-order valence-electron chi connectivity index (χ3n) is 4.90. The Morgan fingerprint density at radius 1 is 0.462 bits per heavy atom. The highest BCUT2D eigenvalue weighted by Gasteiger charge is 2.05. The largest absolute Gasteiger partial charge is 0.256 e. The molecule has 0 bridgehead atoms. The maximum Gasteiger partial charge on any atom is 0.0702 e. The Bertz CT molecular complexity index is 1220. The van der Waals surface area contributed by atoms with Crippen LogP contribution in [0.2, 0.25) is 0 Å². The number of hydrogen-bond donors (Lipinski definition) is 0. The number of pyridine rings is 1. The molecule has 0 aliphatic heterocycles. The molecule has 1 heterocycles. The van der Waals surface area contributed by atoms with E-state index in [9.17, 15) is 0 Å². The molecule has 5 rings (SSSR count). The molecule has 0 unspecified atom stereocenters. The van der Waals surface area contributed by atoms with Gasteiger partial charge in [0.25, 0.3) is 0 Å². The van der Waals surface area contributed by atoms with Crippen molar-refractivity contribution >= 4 is 21.5 Å². The zero-order chi connectivity index (χ0) is 17.3. The number of benzene rings is 4. The van der Waals surface area contributed by atoms with E-state index in [4.69, 9.17) is 0 Å². The monoisotopic (exact) mass is 331 g/mol. The molecule has 0 spiro atoms. The van der Waals surface area contributed by atoms with Gasteiger partial charge in [-0.15, -0.1) is 0 Å². The minimum absolute atomic E-state index is 1.00. The van der Waals surface area contributed by atoms with Crippen molar-refractivity contribution < 1.29 is 0 Å². The fourth-order valence-electron chi connectivity index (χ4n) is 3.57. The summed E-state index contributed by atoms with van der Waals surface area (Å²) < 4.78 is 0. The van der Waals surface area contributed by atoms with Gasteiger partial charge in [-0.3, -0.25) is 4.98 Å². The highest BCUT2D eigenvalue weighted by atomic mass is 14.7. The molecule has 0 N–H and O–H groups in total. The minimum Gasteiger partial charge on any atom is -0.256 e. The lowest BCUT2D eigenvalue weighted by Gasteiger charge is -2.09. The van der Waals surface area contributed by atoms with Crippen LogP contribution in [-0.2, 0) is 0 Å². The molecule has 122 valence electrons. The first kappa shape index (κ1) is 14.9. The van der Waals surface area contributed by atoms with E-state index in [0.29, 0.717) is 0 Å². The average molecular weight is 331 g/mol. The summed E-state index contributed by atoms with van der Waals surface area (Å²) in [5.74, 6) is 0. The van der Waals surface area contributed by atoms with E-state index >= 15 is 0 Å². The second kappa shape index (κ2) is 6.12. The van der Waals surface area contributed by atoms with Crippen LogP contribution < -0.4 is 0 Å². The highest BCUT2D eigenvalue weighted by molar-refractivity contribution is 6.08. The summed E-state index contributed by atoms with van der Waals surface area (Å²) in [6, 6.07) is 34.3. The van der Waals surface area contributed by atoms with E-state index in [-0.39, 0.29) is 0 Å². The highest BCUT2D eigenvalue weighted by Crippen LogP contribution is 2.31. The van der Waals surface area contributed by atoms with Gasteiger partial charge in [0.15, 0.2) is 0 Å². The van der Waals surface area contributed by atoms with Crippen LogP contribution in [0.25, 0.3) is 43.9 Å². The van der Waals surface area contributed by atoms with Gasteiger partial charge >= 0.3 is 0 Å². The third-order valence-corrected chi connectivity index (χ3v) is 4.90. The van der Waals surface area contributed by atoms with Gasteiger partial charge in [0.1, 0.15) is 0 Å². The Morgan fingerprint density at radius 2 is 1.19 bits per heavy atom. The van der Waals surface area contributed by atoms with Crippen LogP contribution in [0, 0.1) is 0 Å². The van der Waals surface area contributed by atoms with Crippen molar-refractivity contribution in [3.05, 3.63) is 103 Å². The van der Waals surface area contributed by atoms with E-state index in [1.807, 2.05) is 24.4 Å². The van der Waals surface area contributed by atoms with Gasteiger partial charge in [-0.05, 0) is 56.9 Å². The van der Waals surface area contributed by atoms with Gasteiger partial charge < -0.3 is 0 Å². The third kappa shape index (κ3) is 2.55. The number of fused-ring (bicyclic) bond motifs is 3. The smallest absolute Gasteiger partial charge is 0.0702 e. The Hall–Kier alpha value is -3.45. The molecule has 1 nitrogen and oxygen atoms in total. The molecule has 0 aliphatic rings. The lowest BCUT2D eigenvalue weighted by Crippen LogP contribution is -1.85. The molecular weight excluding hydrogens is 314 g/mol. The molecule has 5 aromatic rings. The van der Waals surface area contributed by atoms with Gasteiger partial charge in [0.2, 0.25) is 0 Å². The van der Waals surface area contributed by atoms with Crippen molar-refractivity contribution in [1.29, 1.82) is 0 Å². The Balaban J connectivity index is 1.69. The van der Waals surface area contributed by atoms with Gasteiger partial charge in [0.05, 0.1) is 5.69 Å². The van der Waals surface area contributed by atoms with Gasteiger partial charge in [0, 0.05) is 11.8 Å². The summed E-state index contributed by atoms with van der Waals surface area (Å²) in [6.07, 6.45) is 1.84. The maximum atomic E-state index is 4.47. The Morgan fingerprint density at radius 3 is 2.08 bits per heavy atom. The van der Waals surface area contributed by atoms with Crippen molar-refractivity contribution in [2.45, 2.75) is 0 Å². The predicted octanol–water partition coefficient (Wildman–Crippen LogP) is 6.72. The van der Waals surface area contributed by atoms with Crippen LogP contribution in [0.5, 0.6) is 0 Å². The predicted molar refractivity (Wildman–Crippen MR) is 110 cm³/mol. The van der Waals surface area contributed by atoms with Crippen LogP contribution in [0.15, 0.2) is 103 Å². The SMILES string of the molecule is c1ccc(-c2cccc(-c3ccc4ccc5ccccc5c4c3)c2)nc1. The molecule has 0 fully saturated rings. The van der Waals surface area contributed by atoms with E-state index < -0.39 is 0 Å². The number of hydrogen-bond acceptors (Lipinski definition) is 1. The molecule has 26 heavy (non-hydrogen) atoms. The van der Waals surface area contributed by atoms with Crippen LogP contribution in [-0.4, -0.2) is 4.98 Å². The van der Waals surface area contributed by atoms with Crippen molar-refractivity contribution in [1.82, 2.24) is 4.98 Å². The molecule has 0 radical (unpaired) electrons. The number of rotatable bonds is 2. The molecule has 4 aromatic carbocycles. The standard InChI is InChI=1S/C25H17N/c1-2-9-23-18(6-1)11-12-19-13-14-21(17-24(19)23)20-7-5-8-22(16-20)25-10-3-4-15-26-25/h1-17H. The lowest BCUT2D eigenvalue weighted by molar-refractivity contribution is 1.33. The van der Waals surface area contributed by atoms with Crippen molar-refractivity contribution in [2.24, 2.45) is 0 Å². The molecule has 0 amide bonds. The Kier molecular flexibility index (Phi) is 3.50. The zero-order valence-corrected chi connectivity index (χ0v) is 14.3. The molecule has 0 aliphatic carbocycles. The van der Waals surface area contributed by atoms with E-state index in [1.165, 1.54) is 32.7 Å². The fraction of sp³-hybridized carbons (Fsp3) is 0. The fourth-order valence-corrected chi connectivity index (χ4v) is 3.57. The summed E-state index contributed by atoms with van der Waals surface area (Å²) in [6.45, 7) is 0. The molecule has 0 saturated carbocycles. The summed E-state index contributed by atoms with van der Waals surface area (Å²) in [4.78, 5) is 4.47. The average Bonchev–Trinajstić information content (AvgIpc) is 2.74. The summed E-state index contributed by atoms with van der Waals surface area (Å²) in [5, 5.41) is 5.14. The van der Waals surface area contributed by atoms with E-state index in [2.05, 4.69) is 83.8 Å². The van der Waals surface area contributed by atoms with Crippen molar-refractivity contribution in [3.8, 4) is 22.4 Å². The number of aromatic nitrogens is 1. The second-order valence-corrected chi connectivity index (χ2v) is 6.52. The van der Waals surface area contributed by atoms with E-state index in [0.717, 1.165) is 11.3 Å². The lowest BCUT2D eigenvalue weighted by atomic mass is 9.96.